The molecule has 1 heterocycles. The van der Waals surface area contributed by atoms with E-state index in [4.69, 9.17) is 11.6 Å². The van der Waals surface area contributed by atoms with Gasteiger partial charge >= 0.3 is 0 Å². The van der Waals surface area contributed by atoms with Crippen LogP contribution in [0.4, 0.5) is 0 Å². The lowest BCUT2D eigenvalue weighted by atomic mass is 9.81. The maximum Gasteiger partial charge on any atom is 0.129 e. The predicted octanol–water partition coefficient (Wildman–Crippen LogP) is 3.07. The SMILES string of the molecule is N#CC1(c2ccnc(Cl)c2)CCCC1. The fourth-order valence-electron chi connectivity index (χ4n) is 2.14. The van der Waals surface area contributed by atoms with Crippen molar-refractivity contribution in [3.8, 4) is 6.07 Å². The van der Waals surface area contributed by atoms with Crippen LogP contribution in [0.3, 0.4) is 0 Å². The number of hydrogen-bond donors (Lipinski definition) is 0. The van der Waals surface area contributed by atoms with Gasteiger partial charge in [0, 0.05) is 6.20 Å². The molecule has 0 bridgehead atoms. The highest BCUT2D eigenvalue weighted by Gasteiger charge is 2.35. The highest BCUT2D eigenvalue weighted by Crippen LogP contribution is 2.40. The Morgan fingerprint density at radius 1 is 1.43 bits per heavy atom. The summed E-state index contributed by atoms with van der Waals surface area (Å²) in [5, 5.41) is 9.72. The second kappa shape index (κ2) is 3.59. The number of nitriles is 1. The van der Waals surface area contributed by atoms with E-state index in [1.54, 1.807) is 6.20 Å². The Bertz CT molecular complexity index is 375. The molecule has 1 fully saturated rings. The Kier molecular flexibility index (Phi) is 2.43. The standard InChI is InChI=1S/C11H11ClN2/c12-10-7-9(3-6-14-10)11(8-13)4-1-2-5-11/h3,6-7H,1-2,4-5H2. The summed E-state index contributed by atoms with van der Waals surface area (Å²) < 4.78 is 0. The summed E-state index contributed by atoms with van der Waals surface area (Å²) in [5.74, 6) is 0. The fraction of sp³-hybridized carbons (Fsp3) is 0.455. The van der Waals surface area contributed by atoms with Crippen LogP contribution in [-0.2, 0) is 5.41 Å². The van der Waals surface area contributed by atoms with Gasteiger partial charge in [-0.2, -0.15) is 5.26 Å². The third-order valence-corrected chi connectivity index (χ3v) is 3.16. The van der Waals surface area contributed by atoms with Crippen molar-refractivity contribution in [2.45, 2.75) is 31.1 Å². The molecule has 1 aromatic rings. The molecule has 1 aromatic heterocycles. The van der Waals surface area contributed by atoms with Gasteiger partial charge in [-0.3, -0.25) is 0 Å². The molecular formula is C11H11ClN2. The van der Waals surface area contributed by atoms with Crippen LogP contribution in [0.1, 0.15) is 31.2 Å². The summed E-state index contributed by atoms with van der Waals surface area (Å²) in [6.07, 6.45) is 5.84. The molecule has 0 unspecified atom stereocenters. The van der Waals surface area contributed by atoms with E-state index in [-0.39, 0.29) is 5.41 Å². The first-order valence-electron chi connectivity index (χ1n) is 4.80. The molecule has 14 heavy (non-hydrogen) atoms. The summed E-state index contributed by atoms with van der Waals surface area (Å²) in [4.78, 5) is 3.93. The van der Waals surface area contributed by atoms with Gasteiger partial charge in [-0.25, -0.2) is 4.98 Å². The lowest BCUT2D eigenvalue weighted by Gasteiger charge is -2.20. The third-order valence-electron chi connectivity index (χ3n) is 2.95. The van der Waals surface area contributed by atoms with Gasteiger partial charge in [0.25, 0.3) is 0 Å². The van der Waals surface area contributed by atoms with Crippen LogP contribution >= 0.6 is 11.6 Å². The fourth-order valence-corrected chi connectivity index (χ4v) is 2.32. The van der Waals surface area contributed by atoms with Crippen molar-refractivity contribution in [3.63, 3.8) is 0 Å². The van der Waals surface area contributed by atoms with Gasteiger partial charge in [-0.15, -0.1) is 0 Å². The van der Waals surface area contributed by atoms with E-state index in [9.17, 15) is 5.26 Å². The largest absolute Gasteiger partial charge is 0.245 e. The van der Waals surface area contributed by atoms with Gasteiger partial charge < -0.3 is 0 Å². The van der Waals surface area contributed by atoms with Gasteiger partial charge in [0.1, 0.15) is 5.15 Å². The van der Waals surface area contributed by atoms with E-state index in [1.165, 1.54) is 0 Å². The van der Waals surface area contributed by atoms with Crippen molar-refractivity contribution in [3.05, 3.63) is 29.0 Å². The Balaban J connectivity index is 2.42. The van der Waals surface area contributed by atoms with Crippen LogP contribution < -0.4 is 0 Å². The third kappa shape index (κ3) is 1.49. The molecule has 1 saturated carbocycles. The van der Waals surface area contributed by atoms with Gasteiger partial charge in [0.2, 0.25) is 0 Å². The summed E-state index contributed by atoms with van der Waals surface area (Å²) in [5.41, 5.74) is 0.726. The number of hydrogen-bond acceptors (Lipinski definition) is 2. The highest BCUT2D eigenvalue weighted by molar-refractivity contribution is 6.29. The average molecular weight is 207 g/mol. The van der Waals surface area contributed by atoms with Crippen LogP contribution in [0.15, 0.2) is 18.3 Å². The molecule has 0 atom stereocenters. The molecule has 3 heteroatoms. The molecule has 0 saturated heterocycles. The van der Waals surface area contributed by atoms with Crippen LogP contribution in [0, 0.1) is 11.3 Å². The number of halogens is 1. The van der Waals surface area contributed by atoms with Gasteiger partial charge in [-0.05, 0) is 30.5 Å². The molecule has 2 rings (SSSR count). The number of rotatable bonds is 1. The number of pyridine rings is 1. The smallest absolute Gasteiger partial charge is 0.129 e. The zero-order chi connectivity index (χ0) is 10.0. The van der Waals surface area contributed by atoms with Crippen molar-refractivity contribution < 1.29 is 0 Å². The average Bonchev–Trinajstić information content (AvgIpc) is 2.67. The van der Waals surface area contributed by atoms with E-state index in [0.717, 1.165) is 31.2 Å². The highest BCUT2D eigenvalue weighted by atomic mass is 35.5. The zero-order valence-electron chi connectivity index (χ0n) is 7.83. The van der Waals surface area contributed by atoms with E-state index in [0.29, 0.717) is 5.15 Å². The van der Waals surface area contributed by atoms with Crippen molar-refractivity contribution >= 4 is 11.6 Å². The molecule has 0 radical (unpaired) electrons. The zero-order valence-corrected chi connectivity index (χ0v) is 8.59. The van der Waals surface area contributed by atoms with Crippen molar-refractivity contribution in [1.29, 1.82) is 5.26 Å². The monoisotopic (exact) mass is 206 g/mol. The maximum absolute atomic E-state index is 9.25. The topological polar surface area (TPSA) is 36.7 Å². The molecule has 1 aliphatic rings. The summed E-state index contributed by atoms with van der Waals surface area (Å²) in [6.45, 7) is 0. The van der Waals surface area contributed by atoms with Crippen molar-refractivity contribution in [2.75, 3.05) is 0 Å². The summed E-state index contributed by atoms with van der Waals surface area (Å²) in [7, 11) is 0. The van der Waals surface area contributed by atoms with Crippen LogP contribution in [0.25, 0.3) is 0 Å². The summed E-state index contributed by atoms with van der Waals surface area (Å²) >= 11 is 5.82. The lowest BCUT2D eigenvalue weighted by Crippen LogP contribution is -2.19. The van der Waals surface area contributed by atoms with E-state index < -0.39 is 0 Å². The summed E-state index contributed by atoms with van der Waals surface area (Å²) in [6, 6.07) is 6.15. The second-order valence-electron chi connectivity index (χ2n) is 3.77. The van der Waals surface area contributed by atoms with Crippen LogP contribution in [-0.4, -0.2) is 4.98 Å². The molecule has 0 aromatic carbocycles. The maximum atomic E-state index is 9.25. The minimum absolute atomic E-state index is 0.299. The molecule has 0 amide bonds. The Labute approximate surface area is 88.5 Å². The lowest BCUT2D eigenvalue weighted by molar-refractivity contribution is 0.572. The molecule has 1 aliphatic carbocycles. The molecular weight excluding hydrogens is 196 g/mol. The molecule has 0 N–H and O–H groups in total. The number of aromatic nitrogens is 1. The first-order valence-corrected chi connectivity index (χ1v) is 5.18. The molecule has 2 nitrogen and oxygen atoms in total. The predicted molar refractivity (Wildman–Crippen MR) is 55.0 cm³/mol. The number of nitrogens with zero attached hydrogens (tertiary/aromatic N) is 2. The van der Waals surface area contributed by atoms with Gasteiger partial charge in [0.15, 0.2) is 0 Å². The minimum Gasteiger partial charge on any atom is -0.245 e. The van der Waals surface area contributed by atoms with Gasteiger partial charge in [-0.1, -0.05) is 24.4 Å². The van der Waals surface area contributed by atoms with Crippen molar-refractivity contribution in [1.82, 2.24) is 4.98 Å². The first kappa shape index (κ1) is 9.48. The van der Waals surface area contributed by atoms with E-state index >= 15 is 0 Å². The minimum atomic E-state index is -0.299. The molecule has 72 valence electrons. The first-order chi connectivity index (χ1) is 6.77. The Morgan fingerprint density at radius 3 is 2.71 bits per heavy atom. The quantitative estimate of drug-likeness (QED) is 0.663. The van der Waals surface area contributed by atoms with Crippen molar-refractivity contribution in [2.24, 2.45) is 0 Å². The van der Waals surface area contributed by atoms with E-state index in [2.05, 4.69) is 11.1 Å². The molecule has 0 aliphatic heterocycles. The van der Waals surface area contributed by atoms with Gasteiger partial charge in [0.05, 0.1) is 11.5 Å². The van der Waals surface area contributed by atoms with Crippen LogP contribution in [0.5, 0.6) is 0 Å². The normalized spacial score (nSPS) is 19.1. The van der Waals surface area contributed by atoms with Crippen LogP contribution in [0.2, 0.25) is 5.15 Å². The second-order valence-corrected chi connectivity index (χ2v) is 4.16. The Morgan fingerprint density at radius 2 is 2.14 bits per heavy atom. The van der Waals surface area contributed by atoms with E-state index in [1.807, 2.05) is 12.1 Å². The molecule has 0 spiro atoms. The Hall–Kier alpha value is -1.07.